The molecule has 0 bridgehead atoms. The normalized spacial score (nSPS) is 10.6. The van der Waals surface area contributed by atoms with Gasteiger partial charge in [0.05, 0.1) is 7.11 Å². The van der Waals surface area contributed by atoms with Crippen molar-refractivity contribution in [2.75, 3.05) is 7.11 Å². The molecule has 2 nitrogen and oxygen atoms in total. The first-order valence-electron chi connectivity index (χ1n) is 4.71. The number of benzene rings is 1. The van der Waals surface area contributed by atoms with E-state index in [9.17, 15) is 9.18 Å². The van der Waals surface area contributed by atoms with E-state index >= 15 is 0 Å². The van der Waals surface area contributed by atoms with Gasteiger partial charge in [-0.3, -0.25) is 0 Å². The van der Waals surface area contributed by atoms with E-state index < -0.39 is 5.97 Å². The fourth-order valence-electron chi connectivity index (χ4n) is 1.20. The van der Waals surface area contributed by atoms with E-state index in [-0.39, 0.29) is 5.82 Å². The summed E-state index contributed by atoms with van der Waals surface area (Å²) in [5, 5.41) is 0. The summed E-state index contributed by atoms with van der Waals surface area (Å²) in [7, 11) is 1.31. The van der Waals surface area contributed by atoms with E-state index in [1.54, 1.807) is 18.2 Å². The smallest absolute Gasteiger partial charge is 0.330 e. The Labute approximate surface area is 88.4 Å². The van der Waals surface area contributed by atoms with Crippen LogP contribution in [-0.2, 0) is 16.0 Å². The monoisotopic (exact) mass is 208 g/mol. The molecular weight excluding hydrogens is 195 g/mol. The summed E-state index contributed by atoms with van der Waals surface area (Å²) in [6.07, 6.45) is 3.54. The number of halogens is 1. The zero-order valence-corrected chi connectivity index (χ0v) is 8.79. The summed E-state index contributed by atoms with van der Waals surface area (Å²) in [5.41, 5.74) is 1.43. The average Bonchev–Trinajstić information content (AvgIpc) is 2.27. The van der Waals surface area contributed by atoms with E-state index in [1.165, 1.54) is 19.3 Å². The summed E-state index contributed by atoms with van der Waals surface area (Å²) >= 11 is 0. The summed E-state index contributed by atoms with van der Waals surface area (Å²) in [4.78, 5) is 10.8. The van der Waals surface area contributed by atoms with Gasteiger partial charge in [0.1, 0.15) is 5.82 Å². The van der Waals surface area contributed by atoms with E-state index in [1.807, 2.05) is 6.92 Å². The largest absolute Gasteiger partial charge is 0.466 e. The standard InChI is InChI=1S/C12H13FO2/c1-3-10-8-9(4-6-11(10)13)5-7-12(14)15-2/h4-8H,3H2,1-2H3/b7-5+. The summed E-state index contributed by atoms with van der Waals surface area (Å²) < 4.78 is 17.6. The molecule has 0 fully saturated rings. The van der Waals surface area contributed by atoms with Gasteiger partial charge in [-0.15, -0.1) is 0 Å². The predicted molar refractivity (Wildman–Crippen MR) is 56.8 cm³/mol. The second kappa shape index (κ2) is 5.29. The highest BCUT2D eigenvalue weighted by molar-refractivity contribution is 5.86. The van der Waals surface area contributed by atoms with Crippen LogP contribution in [0.25, 0.3) is 6.08 Å². The van der Waals surface area contributed by atoms with E-state index in [4.69, 9.17) is 0 Å². The molecule has 0 atom stereocenters. The van der Waals surface area contributed by atoms with Crippen molar-refractivity contribution in [2.24, 2.45) is 0 Å². The van der Waals surface area contributed by atoms with Gasteiger partial charge in [-0.25, -0.2) is 9.18 Å². The number of rotatable bonds is 3. The summed E-state index contributed by atoms with van der Waals surface area (Å²) in [5.74, 6) is -0.634. The highest BCUT2D eigenvalue weighted by Crippen LogP contribution is 2.12. The van der Waals surface area contributed by atoms with Crippen LogP contribution in [0.5, 0.6) is 0 Å². The van der Waals surface area contributed by atoms with Gasteiger partial charge in [0, 0.05) is 6.08 Å². The van der Waals surface area contributed by atoms with Crippen molar-refractivity contribution in [1.82, 2.24) is 0 Å². The van der Waals surface area contributed by atoms with Crippen LogP contribution in [0, 0.1) is 5.82 Å². The minimum Gasteiger partial charge on any atom is -0.466 e. The molecule has 1 rings (SSSR count). The Hall–Kier alpha value is -1.64. The summed E-state index contributed by atoms with van der Waals surface area (Å²) in [6, 6.07) is 4.73. The average molecular weight is 208 g/mol. The van der Waals surface area contributed by atoms with Crippen LogP contribution < -0.4 is 0 Å². The number of carbonyl (C=O) groups is 1. The molecule has 0 N–H and O–H groups in total. The van der Waals surface area contributed by atoms with Gasteiger partial charge in [-0.2, -0.15) is 0 Å². The first kappa shape index (κ1) is 11.4. The highest BCUT2D eigenvalue weighted by Gasteiger charge is 2.00. The van der Waals surface area contributed by atoms with Crippen molar-refractivity contribution >= 4 is 12.0 Å². The Morgan fingerprint density at radius 1 is 1.53 bits per heavy atom. The SMILES string of the molecule is CCc1cc(/C=C/C(=O)OC)ccc1F. The number of hydrogen-bond donors (Lipinski definition) is 0. The van der Waals surface area contributed by atoms with E-state index in [0.29, 0.717) is 12.0 Å². The van der Waals surface area contributed by atoms with Crippen molar-refractivity contribution in [3.63, 3.8) is 0 Å². The summed E-state index contributed by atoms with van der Waals surface area (Å²) in [6.45, 7) is 1.88. The highest BCUT2D eigenvalue weighted by atomic mass is 19.1. The second-order valence-corrected chi connectivity index (χ2v) is 3.06. The third kappa shape index (κ3) is 3.20. The fraction of sp³-hybridized carbons (Fsp3) is 0.250. The lowest BCUT2D eigenvalue weighted by Gasteiger charge is -2.00. The predicted octanol–water partition coefficient (Wildman–Crippen LogP) is 2.57. The van der Waals surface area contributed by atoms with Crippen molar-refractivity contribution < 1.29 is 13.9 Å². The molecule has 0 aliphatic heterocycles. The lowest BCUT2D eigenvalue weighted by molar-refractivity contribution is -0.134. The van der Waals surface area contributed by atoms with Crippen molar-refractivity contribution in [2.45, 2.75) is 13.3 Å². The maximum absolute atomic E-state index is 13.1. The molecule has 1 aromatic rings. The van der Waals surface area contributed by atoms with E-state index in [0.717, 1.165) is 5.56 Å². The molecule has 0 unspecified atom stereocenters. The topological polar surface area (TPSA) is 26.3 Å². The third-order valence-electron chi connectivity index (χ3n) is 2.06. The van der Waals surface area contributed by atoms with Crippen LogP contribution in [0.3, 0.4) is 0 Å². The number of hydrogen-bond acceptors (Lipinski definition) is 2. The Morgan fingerprint density at radius 2 is 2.27 bits per heavy atom. The van der Waals surface area contributed by atoms with Crippen molar-refractivity contribution in [3.05, 3.63) is 41.2 Å². The molecule has 80 valence electrons. The van der Waals surface area contributed by atoms with Crippen LogP contribution in [-0.4, -0.2) is 13.1 Å². The molecule has 0 aliphatic carbocycles. The van der Waals surface area contributed by atoms with Crippen LogP contribution in [0.1, 0.15) is 18.1 Å². The van der Waals surface area contributed by atoms with Gasteiger partial charge in [-0.1, -0.05) is 13.0 Å². The number of aryl methyl sites for hydroxylation is 1. The Balaban J connectivity index is 2.87. The van der Waals surface area contributed by atoms with Crippen LogP contribution in [0.4, 0.5) is 4.39 Å². The minimum absolute atomic E-state index is 0.215. The van der Waals surface area contributed by atoms with E-state index in [2.05, 4.69) is 4.74 Å². The third-order valence-corrected chi connectivity index (χ3v) is 2.06. The number of esters is 1. The van der Waals surface area contributed by atoms with Gasteiger partial charge in [0.15, 0.2) is 0 Å². The molecule has 0 aromatic heterocycles. The molecule has 0 spiro atoms. The first-order chi connectivity index (χ1) is 7.17. The molecule has 0 radical (unpaired) electrons. The second-order valence-electron chi connectivity index (χ2n) is 3.06. The van der Waals surface area contributed by atoms with Crippen LogP contribution >= 0.6 is 0 Å². The molecule has 1 aromatic carbocycles. The van der Waals surface area contributed by atoms with Gasteiger partial charge < -0.3 is 4.74 Å². The molecule has 3 heteroatoms. The Bertz CT molecular complexity index is 383. The maximum atomic E-state index is 13.1. The molecule has 0 aliphatic rings. The number of methoxy groups -OCH3 is 1. The number of ether oxygens (including phenoxy) is 1. The van der Waals surface area contributed by atoms with Gasteiger partial charge in [-0.05, 0) is 35.8 Å². The van der Waals surface area contributed by atoms with Crippen LogP contribution in [0.2, 0.25) is 0 Å². The molecule has 0 amide bonds. The fourth-order valence-corrected chi connectivity index (χ4v) is 1.20. The Morgan fingerprint density at radius 3 is 2.87 bits per heavy atom. The molecule has 0 heterocycles. The van der Waals surface area contributed by atoms with Crippen LogP contribution in [0.15, 0.2) is 24.3 Å². The van der Waals surface area contributed by atoms with Gasteiger partial charge >= 0.3 is 5.97 Å². The zero-order chi connectivity index (χ0) is 11.3. The lowest BCUT2D eigenvalue weighted by Crippen LogP contribution is -1.93. The molecular formula is C12H13FO2. The quantitative estimate of drug-likeness (QED) is 0.563. The first-order valence-corrected chi connectivity index (χ1v) is 4.71. The van der Waals surface area contributed by atoms with Crippen molar-refractivity contribution in [3.8, 4) is 0 Å². The maximum Gasteiger partial charge on any atom is 0.330 e. The van der Waals surface area contributed by atoms with Crippen molar-refractivity contribution in [1.29, 1.82) is 0 Å². The molecule has 0 saturated heterocycles. The molecule has 0 saturated carbocycles. The minimum atomic E-state index is -0.419. The lowest BCUT2D eigenvalue weighted by atomic mass is 10.1. The Kier molecular flexibility index (Phi) is 4.03. The van der Waals surface area contributed by atoms with Gasteiger partial charge in [0.2, 0.25) is 0 Å². The van der Waals surface area contributed by atoms with Gasteiger partial charge in [0.25, 0.3) is 0 Å². The molecule has 15 heavy (non-hydrogen) atoms. The number of carbonyl (C=O) groups excluding carboxylic acids is 1. The zero-order valence-electron chi connectivity index (χ0n) is 8.79.